The second-order valence-corrected chi connectivity index (χ2v) is 5.11. The van der Waals surface area contributed by atoms with E-state index in [1.807, 2.05) is 24.3 Å². The van der Waals surface area contributed by atoms with E-state index in [2.05, 4.69) is 17.6 Å². The average Bonchev–Trinajstić information content (AvgIpc) is 2.50. The number of amides is 1. The Morgan fingerprint density at radius 3 is 3.10 bits per heavy atom. The predicted molar refractivity (Wildman–Crippen MR) is 81.0 cm³/mol. The van der Waals surface area contributed by atoms with Gasteiger partial charge in [0.15, 0.2) is 0 Å². The number of hydrogen-bond acceptors (Lipinski definition) is 3. The van der Waals surface area contributed by atoms with Crippen LogP contribution in [0, 0.1) is 0 Å². The molecule has 20 heavy (non-hydrogen) atoms. The molecule has 1 unspecified atom stereocenters. The minimum absolute atomic E-state index is 0.0388. The lowest BCUT2D eigenvalue weighted by Gasteiger charge is -2.25. The molecule has 1 aliphatic rings. The van der Waals surface area contributed by atoms with Crippen molar-refractivity contribution in [3.05, 3.63) is 29.8 Å². The summed E-state index contributed by atoms with van der Waals surface area (Å²) in [5.41, 5.74) is 2.18. The van der Waals surface area contributed by atoms with Gasteiger partial charge in [-0.15, -0.1) is 0 Å². The fraction of sp³-hybridized carbons (Fsp3) is 0.562. The van der Waals surface area contributed by atoms with E-state index in [1.165, 1.54) is 0 Å². The molecule has 0 fully saturated rings. The number of unbranched alkanes of at least 4 members (excludes halogenated alkanes) is 1. The molecule has 4 nitrogen and oxygen atoms in total. The van der Waals surface area contributed by atoms with E-state index in [4.69, 9.17) is 4.74 Å². The lowest BCUT2D eigenvalue weighted by Crippen LogP contribution is -2.34. The van der Waals surface area contributed by atoms with Crippen molar-refractivity contribution in [2.24, 2.45) is 0 Å². The lowest BCUT2D eigenvalue weighted by atomic mass is 9.90. The van der Waals surface area contributed by atoms with Crippen molar-refractivity contribution in [3.63, 3.8) is 0 Å². The van der Waals surface area contributed by atoms with E-state index in [9.17, 15) is 4.79 Å². The van der Waals surface area contributed by atoms with Gasteiger partial charge in [-0.3, -0.25) is 4.79 Å². The fourth-order valence-electron chi connectivity index (χ4n) is 2.46. The molecule has 2 N–H and O–H groups in total. The zero-order valence-corrected chi connectivity index (χ0v) is 12.2. The number of para-hydroxylation sites is 1. The van der Waals surface area contributed by atoms with Crippen LogP contribution < -0.4 is 10.6 Å². The number of carbonyl (C=O) groups excluding carboxylic acids is 1. The van der Waals surface area contributed by atoms with Crippen LogP contribution in [0.1, 0.15) is 37.7 Å². The summed E-state index contributed by atoms with van der Waals surface area (Å²) in [4.78, 5) is 12.3. The predicted octanol–water partition coefficient (Wildman–Crippen LogP) is 2.52. The molecule has 0 saturated carbocycles. The highest BCUT2D eigenvalue weighted by Gasteiger charge is 2.25. The number of fused-ring (bicyclic) bond motifs is 1. The molecule has 0 spiro atoms. The van der Waals surface area contributed by atoms with Gasteiger partial charge < -0.3 is 15.4 Å². The van der Waals surface area contributed by atoms with Crippen LogP contribution >= 0.6 is 0 Å². The van der Waals surface area contributed by atoms with Crippen LogP contribution in [0.15, 0.2) is 24.3 Å². The van der Waals surface area contributed by atoms with E-state index >= 15 is 0 Å². The van der Waals surface area contributed by atoms with Gasteiger partial charge in [-0.25, -0.2) is 0 Å². The first kappa shape index (κ1) is 14.9. The van der Waals surface area contributed by atoms with Crippen LogP contribution in [0.3, 0.4) is 0 Å². The van der Waals surface area contributed by atoms with Crippen LogP contribution in [0.5, 0.6) is 0 Å². The summed E-state index contributed by atoms with van der Waals surface area (Å²) in [6.45, 7) is 4.96. The molecule has 1 aromatic rings. The molecule has 2 rings (SSSR count). The van der Waals surface area contributed by atoms with Crippen molar-refractivity contribution < 1.29 is 9.53 Å². The normalized spacial score (nSPS) is 17.1. The van der Waals surface area contributed by atoms with Gasteiger partial charge >= 0.3 is 0 Å². The Labute approximate surface area is 120 Å². The molecule has 1 atom stereocenters. The number of ether oxygens (including phenoxy) is 1. The van der Waals surface area contributed by atoms with E-state index in [0.717, 1.165) is 43.7 Å². The van der Waals surface area contributed by atoms with Crippen molar-refractivity contribution in [1.29, 1.82) is 0 Å². The highest BCUT2D eigenvalue weighted by molar-refractivity contribution is 5.86. The second kappa shape index (κ2) is 7.90. The van der Waals surface area contributed by atoms with Gasteiger partial charge in [0.25, 0.3) is 0 Å². The monoisotopic (exact) mass is 276 g/mol. The van der Waals surface area contributed by atoms with Crippen molar-refractivity contribution in [3.8, 4) is 0 Å². The van der Waals surface area contributed by atoms with Gasteiger partial charge in [-0.05, 0) is 24.5 Å². The molecular formula is C16H24N2O2. The number of hydrogen-bond donors (Lipinski definition) is 2. The molecule has 0 bridgehead atoms. The summed E-state index contributed by atoms with van der Waals surface area (Å²) in [6.07, 6.45) is 3.06. The Hall–Kier alpha value is -1.55. The highest BCUT2D eigenvalue weighted by Crippen LogP contribution is 2.31. The minimum Gasteiger partial charge on any atom is -0.385 e. The second-order valence-electron chi connectivity index (χ2n) is 5.11. The van der Waals surface area contributed by atoms with Crippen LogP contribution in [-0.4, -0.2) is 32.2 Å². The van der Waals surface area contributed by atoms with E-state index in [1.54, 1.807) is 0 Å². The van der Waals surface area contributed by atoms with Crippen LogP contribution in [0.2, 0.25) is 0 Å². The standard InChI is InChI=1S/C16H24N2O2/c1-2-3-11-20-12-10-18-16(19)14-8-9-17-15-7-5-4-6-13(14)15/h4-7,14,17H,2-3,8-12H2,1H3,(H,18,19). The third-order valence-electron chi connectivity index (χ3n) is 3.59. The van der Waals surface area contributed by atoms with Gasteiger partial charge in [-0.1, -0.05) is 31.5 Å². The topological polar surface area (TPSA) is 50.4 Å². The van der Waals surface area contributed by atoms with Crippen molar-refractivity contribution in [2.45, 2.75) is 32.1 Å². The first-order valence-corrected chi connectivity index (χ1v) is 7.51. The Morgan fingerprint density at radius 1 is 1.40 bits per heavy atom. The van der Waals surface area contributed by atoms with Crippen LogP contribution in [-0.2, 0) is 9.53 Å². The SMILES string of the molecule is CCCCOCCNC(=O)C1CCNc2ccccc21. The Balaban J connectivity index is 1.79. The zero-order chi connectivity index (χ0) is 14.2. The third kappa shape index (κ3) is 3.97. The highest BCUT2D eigenvalue weighted by atomic mass is 16.5. The lowest BCUT2D eigenvalue weighted by molar-refractivity contribution is -0.122. The molecule has 1 aliphatic heterocycles. The zero-order valence-electron chi connectivity index (χ0n) is 12.2. The number of anilines is 1. The van der Waals surface area contributed by atoms with Crippen LogP contribution in [0.4, 0.5) is 5.69 Å². The summed E-state index contributed by atoms with van der Waals surface area (Å²) >= 11 is 0. The quantitative estimate of drug-likeness (QED) is 0.752. The Bertz CT molecular complexity index is 434. The van der Waals surface area contributed by atoms with Crippen LogP contribution in [0.25, 0.3) is 0 Å². The van der Waals surface area contributed by atoms with Gasteiger partial charge in [0.2, 0.25) is 5.91 Å². The van der Waals surface area contributed by atoms with Crippen molar-refractivity contribution in [2.75, 3.05) is 31.6 Å². The van der Waals surface area contributed by atoms with Crippen molar-refractivity contribution in [1.82, 2.24) is 5.32 Å². The van der Waals surface area contributed by atoms with Gasteiger partial charge in [0.05, 0.1) is 12.5 Å². The maximum atomic E-state index is 12.3. The maximum Gasteiger partial charge on any atom is 0.227 e. The molecule has 0 aromatic heterocycles. The number of nitrogens with one attached hydrogen (secondary N) is 2. The minimum atomic E-state index is -0.0388. The molecule has 1 amide bonds. The molecule has 0 saturated heterocycles. The van der Waals surface area contributed by atoms with Gasteiger partial charge in [0.1, 0.15) is 0 Å². The number of carbonyl (C=O) groups is 1. The summed E-state index contributed by atoms with van der Waals surface area (Å²) in [6, 6.07) is 8.04. The van der Waals surface area contributed by atoms with Gasteiger partial charge in [0, 0.05) is 25.4 Å². The van der Waals surface area contributed by atoms with E-state index < -0.39 is 0 Å². The Kier molecular flexibility index (Phi) is 5.87. The van der Waals surface area contributed by atoms with Gasteiger partial charge in [-0.2, -0.15) is 0 Å². The smallest absolute Gasteiger partial charge is 0.227 e. The first-order valence-electron chi connectivity index (χ1n) is 7.51. The largest absolute Gasteiger partial charge is 0.385 e. The Morgan fingerprint density at radius 2 is 2.25 bits per heavy atom. The first-order chi connectivity index (χ1) is 9.83. The molecule has 0 aliphatic carbocycles. The molecule has 0 radical (unpaired) electrons. The fourth-order valence-corrected chi connectivity index (χ4v) is 2.46. The summed E-state index contributed by atoms with van der Waals surface area (Å²) in [5, 5.41) is 6.31. The maximum absolute atomic E-state index is 12.3. The molecule has 1 aromatic carbocycles. The summed E-state index contributed by atoms with van der Waals surface area (Å²) < 4.78 is 5.45. The summed E-state index contributed by atoms with van der Waals surface area (Å²) in [7, 11) is 0. The number of rotatable bonds is 7. The van der Waals surface area contributed by atoms with Crippen molar-refractivity contribution >= 4 is 11.6 Å². The molecule has 4 heteroatoms. The molecular weight excluding hydrogens is 252 g/mol. The molecule has 110 valence electrons. The van der Waals surface area contributed by atoms with E-state index in [0.29, 0.717) is 13.2 Å². The number of benzene rings is 1. The third-order valence-corrected chi connectivity index (χ3v) is 3.59. The molecule has 1 heterocycles. The average molecular weight is 276 g/mol. The van der Waals surface area contributed by atoms with E-state index in [-0.39, 0.29) is 11.8 Å². The summed E-state index contributed by atoms with van der Waals surface area (Å²) in [5.74, 6) is 0.0705.